The Hall–Kier alpha value is -1.21. The minimum absolute atomic E-state index is 0.00224. The van der Waals surface area contributed by atoms with Crippen molar-refractivity contribution in [2.75, 3.05) is 5.32 Å². The van der Waals surface area contributed by atoms with Crippen LogP contribution in [0.15, 0.2) is 12.4 Å². The lowest BCUT2D eigenvalue weighted by Gasteiger charge is -2.08. The average molecular weight is 339 g/mol. The van der Waals surface area contributed by atoms with Crippen molar-refractivity contribution in [2.24, 2.45) is 0 Å². The van der Waals surface area contributed by atoms with Crippen LogP contribution >= 0.6 is 46.4 Å². The Morgan fingerprint density at radius 1 is 1.00 bits per heavy atom. The fraction of sp³-hybridized carbons (Fsp3) is 0. The van der Waals surface area contributed by atoms with E-state index in [-0.39, 0.29) is 31.9 Å². The van der Waals surface area contributed by atoms with Crippen LogP contribution in [0.4, 0.5) is 5.69 Å². The molecule has 0 radical (unpaired) electrons. The van der Waals surface area contributed by atoms with Gasteiger partial charge in [0.1, 0.15) is 12.0 Å². The third-order valence-electron chi connectivity index (χ3n) is 1.96. The number of carbonyl (C=O) groups is 1. The number of anilines is 1. The second kappa shape index (κ2) is 5.83. The van der Waals surface area contributed by atoms with Gasteiger partial charge in [0.2, 0.25) is 0 Å². The van der Waals surface area contributed by atoms with Gasteiger partial charge in [0.15, 0.2) is 20.6 Å². The smallest absolute Gasteiger partial charge is 0.259 e. The van der Waals surface area contributed by atoms with Gasteiger partial charge in [-0.3, -0.25) is 4.79 Å². The Kier molecular flexibility index (Phi) is 4.36. The van der Waals surface area contributed by atoms with Crippen LogP contribution < -0.4 is 5.32 Å². The topological polar surface area (TPSA) is 80.7 Å². The van der Waals surface area contributed by atoms with Crippen molar-refractivity contribution in [2.45, 2.75) is 0 Å². The zero-order chi connectivity index (χ0) is 14.0. The highest BCUT2D eigenvalue weighted by Gasteiger charge is 2.17. The zero-order valence-corrected chi connectivity index (χ0v) is 11.9. The normalized spacial score (nSPS) is 10.3. The van der Waals surface area contributed by atoms with E-state index in [0.29, 0.717) is 0 Å². The fourth-order valence-corrected chi connectivity index (χ4v) is 1.87. The summed E-state index contributed by atoms with van der Waals surface area (Å²) in [6, 6.07) is 1.26. The van der Waals surface area contributed by atoms with Gasteiger partial charge in [0, 0.05) is 0 Å². The molecule has 2 heterocycles. The van der Waals surface area contributed by atoms with Crippen molar-refractivity contribution in [1.29, 1.82) is 0 Å². The molecule has 0 aliphatic heterocycles. The number of nitrogens with one attached hydrogen (secondary N) is 1. The van der Waals surface area contributed by atoms with E-state index in [1.807, 2.05) is 0 Å². The van der Waals surface area contributed by atoms with Crippen molar-refractivity contribution in [3.63, 3.8) is 0 Å². The summed E-state index contributed by atoms with van der Waals surface area (Å²) in [4.78, 5) is 19.4. The number of halogens is 4. The fourth-order valence-electron chi connectivity index (χ4n) is 1.14. The third kappa shape index (κ3) is 3.22. The number of hydrogen-bond donors (Lipinski definition) is 1. The first-order valence-corrected chi connectivity index (χ1v) is 6.16. The maximum atomic E-state index is 12.0. The summed E-state index contributed by atoms with van der Waals surface area (Å²) < 4.78 is 0. The molecule has 6 nitrogen and oxygen atoms in total. The first-order valence-electron chi connectivity index (χ1n) is 4.65. The van der Waals surface area contributed by atoms with E-state index in [1.54, 1.807) is 0 Å². The molecule has 0 saturated heterocycles. The molecule has 10 heteroatoms. The molecule has 0 unspecified atom stereocenters. The van der Waals surface area contributed by atoms with Gasteiger partial charge in [0.25, 0.3) is 5.91 Å². The quantitative estimate of drug-likeness (QED) is 0.851. The van der Waals surface area contributed by atoms with Crippen LogP contribution in [0.1, 0.15) is 10.4 Å². The molecule has 0 aromatic carbocycles. The second-order valence-electron chi connectivity index (χ2n) is 3.16. The molecule has 98 valence electrons. The first kappa shape index (κ1) is 14.2. The monoisotopic (exact) mass is 337 g/mol. The summed E-state index contributed by atoms with van der Waals surface area (Å²) >= 11 is 23.0. The Labute approximate surface area is 127 Å². The van der Waals surface area contributed by atoms with Crippen LogP contribution in [0, 0.1) is 0 Å². The number of aromatic nitrogens is 4. The highest BCUT2D eigenvalue weighted by Crippen LogP contribution is 2.27. The summed E-state index contributed by atoms with van der Waals surface area (Å²) in [5, 5.41) is 9.34. The SMILES string of the molecule is O=C(Nc1c(Cl)ncnc1Cl)c1cc(Cl)nnc1Cl. The second-order valence-corrected chi connectivity index (χ2v) is 4.62. The highest BCUT2D eigenvalue weighted by atomic mass is 35.5. The molecule has 1 N–H and O–H groups in total. The molecule has 19 heavy (non-hydrogen) atoms. The van der Waals surface area contributed by atoms with Crippen molar-refractivity contribution in [1.82, 2.24) is 20.2 Å². The molecule has 0 atom stereocenters. The summed E-state index contributed by atoms with van der Waals surface area (Å²) in [5.41, 5.74) is 0.0949. The van der Waals surface area contributed by atoms with E-state index in [0.717, 1.165) is 6.33 Å². The summed E-state index contributed by atoms with van der Waals surface area (Å²) in [6.07, 6.45) is 1.16. The molecule has 0 fully saturated rings. The van der Waals surface area contributed by atoms with Gasteiger partial charge in [-0.1, -0.05) is 46.4 Å². The molecule has 0 bridgehead atoms. The van der Waals surface area contributed by atoms with Gasteiger partial charge in [-0.2, -0.15) is 0 Å². The number of hydrogen-bond acceptors (Lipinski definition) is 5. The minimum Gasteiger partial charge on any atom is -0.317 e. The van der Waals surface area contributed by atoms with Gasteiger partial charge in [-0.05, 0) is 6.07 Å². The third-order valence-corrected chi connectivity index (χ3v) is 2.99. The van der Waals surface area contributed by atoms with E-state index in [9.17, 15) is 4.79 Å². The number of amides is 1. The van der Waals surface area contributed by atoms with Crippen molar-refractivity contribution >= 4 is 58.0 Å². The molecule has 2 aromatic rings. The van der Waals surface area contributed by atoms with Crippen LogP contribution in [-0.4, -0.2) is 26.1 Å². The summed E-state index contributed by atoms with van der Waals surface area (Å²) in [5.74, 6) is -0.611. The number of rotatable bonds is 2. The maximum Gasteiger partial charge on any atom is 0.259 e. The van der Waals surface area contributed by atoms with Crippen molar-refractivity contribution in [3.8, 4) is 0 Å². The van der Waals surface area contributed by atoms with Crippen LogP contribution in [0.5, 0.6) is 0 Å². The molecule has 0 spiro atoms. The van der Waals surface area contributed by atoms with Gasteiger partial charge < -0.3 is 5.32 Å². The van der Waals surface area contributed by atoms with Crippen LogP contribution in [-0.2, 0) is 0 Å². The molecule has 0 aliphatic carbocycles. The molecular formula is C9H3Cl4N5O. The van der Waals surface area contributed by atoms with E-state index >= 15 is 0 Å². The lowest BCUT2D eigenvalue weighted by atomic mass is 10.3. The molecule has 0 aliphatic rings. The predicted molar refractivity (Wildman–Crippen MR) is 72.1 cm³/mol. The molecule has 2 rings (SSSR count). The molecule has 2 aromatic heterocycles. The summed E-state index contributed by atoms with van der Waals surface area (Å²) in [7, 11) is 0. The predicted octanol–water partition coefficient (Wildman–Crippen LogP) is 3.13. The standard InChI is InChI=1S/C9H3Cl4N5O/c10-4-1-3(6(11)18-17-4)9(19)16-5-7(12)14-2-15-8(5)13/h1-2H,(H,16,19). The van der Waals surface area contributed by atoms with Gasteiger partial charge in [0.05, 0.1) is 5.56 Å². The number of nitrogens with zero attached hydrogens (tertiary/aromatic N) is 4. The molecule has 0 saturated carbocycles. The molecular weight excluding hydrogens is 336 g/mol. The Bertz CT molecular complexity index is 630. The molecule has 1 amide bonds. The Morgan fingerprint density at radius 2 is 1.63 bits per heavy atom. The zero-order valence-electron chi connectivity index (χ0n) is 8.86. The maximum absolute atomic E-state index is 12.0. The Morgan fingerprint density at radius 3 is 2.26 bits per heavy atom. The first-order chi connectivity index (χ1) is 8.99. The van der Waals surface area contributed by atoms with E-state index in [1.165, 1.54) is 6.07 Å². The van der Waals surface area contributed by atoms with E-state index in [4.69, 9.17) is 46.4 Å². The minimum atomic E-state index is -0.611. The van der Waals surface area contributed by atoms with Crippen LogP contribution in [0.25, 0.3) is 0 Å². The van der Waals surface area contributed by atoms with Gasteiger partial charge in [-0.25, -0.2) is 9.97 Å². The largest absolute Gasteiger partial charge is 0.317 e. The van der Waals surface area contributed by atoms with Gasteiger partial charge in [-0.15, -0.1) is 10.2 Å². The van der Waals surface area contributed by atoms with E-state index in [2.05, 4.69) is 25.5 Å². The van der Waals surface area contributed by atoms with Crippen LogP contribution in [0.2, 0.25) is 20.6 Å². The van der Waals surface area contributed by atoms with Crippen LogP contribution in [0.3, 0.4) is 0 Å². The van der Waals surface area contributed by atoms with Gasteiger partial charge >= 0.3 is 0 Å². The van der Waals surface area contributed by atoms with Crippen molar-refractivity contribution in [3.05, 3.63) is 38.6 Å². The average Bonchev–Trinajstić information content (AvgIpc) is 2.37. The van der Waals surface area contributed by atoms with E-state index < -0.39 is 5.91 Å². The van der Waals surface area contributed by atoms with Crippen molar-refractivity contribution < 1.29 is 4.79 Å². The summed E-state index contributed by atoms with van der Waals surface area (Å²) in [6.45, 7) is 0. The highest BCUT2D eigenvalue weighted by molar-refractivity contribution is 6.39. The lowest BCUT2D eigenvalue weighted by Crippen LogP contribution is -2.14. The Balaban J connectivity index is 2.34. The lowest BCUT2D eigenvalue weighted by molar-refractivity contribution is 0.102. The number of carbonyl (C=O) groups excluding carboxylic acids is 1.